The van der Waals surface area contributed by atoms with Gasteiger partial charge in [-0.05, 0) is 37.3 Å². The third-order valence-electron chi connectivity index (χ3n) is 3.52. The van der Waals surface area contributed by atoms with E-state index in [1.165, 1.54) is 11.8 Å². The number of carbonyl (C=O) groups is 2. The maximum atomic E-state index is 12.3. The van der Waals surface area contributed by atoms with E-state index in [2.05, 4.69) is 5.32 Å². The summed E-state index contributed by atoms with van der Waals surface area (Å²) in [6.07, 6.45) is 0.159. The summed E-state index contributed by atoms with van der Waals surface area (Å²) in [7, 11) is 0. The molecule has 6 heteroatoms. The van der Waals surface area contributed by atoms with Gasteiger partial charge in [0.05, 0.1) is 12.3 Å². The standard InChI is InChI=1S/C19H21ClN2O3/c1-3-25-18-10-5-4-9-17(18)21-19(24)11-12-22(14(2)23)16-8-6-7-15(20)13-16/h4-10,13H,3,11-12H2,1-2H3,(H,21,24). The molecule has 0 saturated carbocycles. The van der Waals surface area contributed by atoms with Gasteiger partial charge < -0.3 is 15.0 Å². The fourth-order valence-electron chi connectivity index (χ4n) is 2.39. The van der Waals surface area contributed by atoms with Crippen molar-refractivity contribution in [2.45, 2.75) is 20.3 Å². The third kappa shape index (κ3) is 5.50. The Morgan fingerprint density at radius 3 is 2.60 bits per heavy atom. The van der Waals surface area contributed by atoms with Crippen LogP contribution in [0.15, 0.2) is 48.5 Å². The van der Waals surface area contributed by atoms with E-state index in [-0.39, 0.29) is 24.8 Å². The van der Waals surface area contributed by atoms with Crippen LogP contribution in [0.4, 0.5) is 11.4 Å². The average Bonchev–Trinajstić information content (AvgIpc) is 2.57. The Morgan fingerprint density at radius 1 is 1.16 bits per heavy atom. The van der Waals surface area contributed by atoms with E-state index in [4.69, 9.17) is 16.3 Å². The van der Waals surface area contributed by atoms with Crippen LogP contribution >= 0.6 is 11.6 Å². The highest BCUT2D eigenvalue weighted by Crippen LogP contribution is 2.24. The number of ether oxygens (including phenoxy) is 1. The highest BCUT2D eigenvalue weighted by atomic mass is 35.5. The predicted octanol–water partition coefficient (Wildman–Crippen LogP) is 4.12. The molecule has 1 N–H and O–H groups in total. The molecule has 0 bridgehead atoms. The van der Waals surface area contributed by atoms with Gasteiger partial charge in [-0.15, -0.1) is 0 Å². The molecule has 0 radical (unpaired) electrons. The van der Waals surface area contributed by atoms with E-state index in [9.17, 15) is 9.59 Å². The SMILES string of the molecule is CCOc1ccccc1NC(=O)CCN(C(C)=O)c1cccc(Cl)c1. The van der Waals surface area contributed by atoms with E-state index in [1.807, 2.05) is 19.1 Å². The van der Waals surface area contributed by atoms with Gasteiger partial charge >= 0.3 is 0 Å². The number of para-hydroxylation sites is 2. The zero-order valence-corrected chi connectivity index (χ0v) is 15.0. The largest absolute Gasteiger partial charge is 0.492 e. The fraction of sp³-hybridized carbons (Fsp3) is 0.263. The Bertz CT molecular complexity index is 749. The number of nitrogens with zero attached hydrogens (tertiary/aromatic N) is 1. The van der Waals surface area contributed by atoms with Crippen molar-refractivity contribution in [2.24, 2.45) is 0 Å². The summed E-state index contributed by atoms with van der Waals surface area (Å²) in [6, 6.07) is 14.2. The highest BCUT2D eigenvalue weighted by molar-refractivity contribution is 6.30. The molecule has 0 unspecified atom stereocenters. The van der Waals surface area contributed by atoms with Crippen molar-refractivity contribution < 1.29 is 14.3 Å². The van der Waals surface area contributed by atoms with Gasteiger partial charge in [0, 0.05) is 30.6 Å². The summed E-state index contributed by atoms with van der Waals surface area (Å²) in [5, 5.41) is 3.37. The first-order chi connectivity index (χ1) is 12.0. The van der Waals surface area contributed by atoms with Crippen LogP contribution in [-0.4, -0.2) is 25.0 Å². The molecule has 0 fully saturated rings. The molecule has 132 valence electrons. The van der Waals surface area contributed by atoms with Crippen molar-refractivity contribution in [3.05, 3.63) is 53.6 Å². The number of hydrogen-bond acceptors (Lipinski definition) is 3. The number of anilines is 2. The van der Waals surface area contributed by atoms with Crippen LogP contribution in [0.1, 0.15) is 20.3 Å². The van der Waals surface area contributed by atoms with Gasteiger partial charge in [-0.25, -0.2) is 0 Å². The van der Waals surface area contributed by atoms with E-state index >= 15 is 0 Å². The minimum atomic E-state index is -0.194. The summed E-state index contributed by atoms with van der Waals surface area (Å²) in [5.74, 6) is 0.279. The van der Waals surface area contributed by atoms with Crippen LogP contribution < -0.4 is 15.0 Å². The van der Waals surface area contributed by atoms with Crippen LogP contribution in [0.2, 0.25) is 5.02 Å². The first kappa shape index (κ1) is 18.8. The van der Waals surface area contributed by atoms with Crippen molar-refractivity contribution in [3.63, 3.8) is 0 Å². The van der Waals surface area contributed by atoms with Crippen LogP contribution in [-0.2, 0) is 9.59 Å². The lowest BCUT2D eigenvalue weighted by molar-refractivity contribution is -0.117. The molecular weight excluding hydrogens is 340 g/mol. The second kappa shape index (κ2) is 9.08. The van der Waals surface area contributed by atoms with E-state index in [0.717, 1.165) is 0 Å². The van der Waals surface area contributed by atoms with Crippen LogP contribution in [0.5, 0.6) is 5.75 Å². The molecule has 0 aliphatic rings. The van der Waals surface area contributed by atoms with Crippen molar-refractivity contribution >= 4 is 34.8 Å². The Hall–Kier alpha value is -2.53. The second-order valence-corrected chi connectivity index (χ2v) is 5.81. The lowest BCUT2D eigenvalue weighted by Gasteiger charge is -2.21. The van der Waals surface area contributed by atoms with E-state index in [1.54, 1.807) is 36.4 Å². The quantitative estimate of drug-likeness (QED) is 0.808. The zero-order chi connectivity index (χ0) is 18.2. The summed E-state index contributed by atoms with van der Waals surface area (Å²) >= 11 is 5.98. The first-order valence-corrected chi connectivity index (χ1v) is 8.44. The van der Waals surface area contributed by atoms with Gasteiger partial charge in [0.1, 0.15) is 5.75 Å². The van der Waals surface area contributed by atoms with Crippen molar-refractivity contribution in [3.8, 4) is 5.75 Å². The number of nitrogens with one attached hydrogen (secondary N) is 1. The van der Waals surface area contributed by atoms with Crippen LogP contribution in [0.25, 0.3) is 0 Å². The maximum Gasteiger partial charge on any atom is 0.226 e. The molecule has 0 aliphatic carbocycles. The minimum absolute atomic E-state index is 0.148. The summed E-state index contributed by atoms with van der Waals surface area (Å²) < 4.78 is 5.49. The number of rotatable bonds is 7. The molecule has 0 heterocycles. The molecule has 0 atom stereocenters. The number of halogens is 1. The first-order valence-electron chi connectivity index (χ1n) is 8.06. The lowest BCUT2D eigenvalue weighted by atomic mass is 10.2. The van der Waals surface area contributed by atoms with Gasteiger partial charge in [0.25, 0.3) is 0 Å². The molecule has 2 aromatic rings. The molecule has 0 aliphatic heterocycles. The van der Waals surface area contributed by atoms with Gasteiger partial charge in [-0.3, -0.25) is 9.59 Å². The van der Waals surface area contributed by atoms with Crippen LogP contribution in [0.3, 0.4) is 0 Å². The Balaban J connectivity index is 2.01. The second-order valence-electron chi connectivity index (χ2n) is 5.38. The Kier molecular flexibility index (Phi) is 6.83. The average molecular weight is 361 g/mol. The summed E-state index contributed by atoms with van der Waals surface area (Å²) in [5.41, 5.74) is 1.29. The molecule has 2 amide bonds. The van der Waals surface area contributed by atoms with Gasteiger partial charge in [0.15, 0.2) is 0 Å². The number of carbonyl (C=O) groups excluding carboxylic acids is 2. The molecule has 0 spiro atoms. The van der Waals surface area contributed by atoms with E-state index in [0.29, 0.717) is 28.8 Å². The van der Waals surface area contributed by atoms with Crippen molar-refractivity contribution in [1.29, 1.82) is 0 Å². The Labute approximate surface area is 152 Å². The summed E-state index contributed by atoms with van der Waals surface area (Å²) in [4.78, 5) is 25.7. The number of amides is 2. The fourth-order valence-corrected chi connectivity index (χ4v) is 2.57. The molecule has 25 heavy (non-hydrogen) atoms. The third-order valence-corrected chi connectivity index (χ3v) is 3.76. The molecule has 2 rings (SSSR count). The molecule has 5 nitrogen and oxygen atoms in total. The van der Waals surface area contributed by atoms with Gasteiger partial charge in [-0.2, -0.15) is 0 Å². The normalized spacial score (nSPS) is 10.2. The number of benzene rings is 2. The van der Waals surface area contributed by atoms with Crippen molar-refractivity contribution in [2.75, 3.05) is 23.4 Å². The predicted molar refractivity (Wildman–Crippen MR) is 100 cm³/mol. The van der Waals surface area contributed by atoms with Crippen molar-refractivity contribution in [1.82, 2.24) is 0 Å². The number of hydrogen-bond donors (Lipinski definition) is 1. The Morgan fingerprint density at radius 2 is 1.92 bits per heavy atom. The molecule has 0 aromatic heterocycles. The van der Waals surface area contributed by atoms with Gasteiger partial charge in [-0.1, -0.05) is 29.8 Å². The van der Waals surface area contributed by atoms with E-state index < -0.39 is 0 Å². The topological polar surface area (TPSA) is 58.6 Å². The lowest BCUT2D eigenvalue weighted by Crippen LogP contribution is -2.32. The zero-order valence-electron chi connectivity index (χ0n) is 14.3. The smallest absolute Gasteiger partial charge is 0.226 e. The highest BCUT2D eigenvalue weighted by Gasteiger charge is 2.14. The maximum absolute atomic E-state index is 12.3. The molecule has 0 saturated heterocycles. The van der Waals surface area contributed by atoms with Gasteiger partial charge in [0.2, 0.25) is 11.8 Å². The monoisotopic (exact) mass is 360 g/mol. The summed E-state index contributed by atoms with van der Waals surface area (Å²) in [6.45, 7) is 4.12. The molecular formula is C19H21ClN2O3. The molecule has 2 aromatic carbocycles. The minimum Gasteiger partial charge on any atom is -0.492 e. The van der Waals surface area contributed by atoms with Crippen LogP contribution in [0, 0.1) is 0 Å².